The minimum absolute atomic E-state index is 0.448. The second-order valence-electron chi connectivity index (χ2n) is 7.63. The highest BCUT2D eigenvalue weighted by Crippen LogP contribution is 2.25. The molecule has 25 heavy (non-hydrogen) atoms. The summed E-state index contributed by atoms with van der Waals surface area (Å²) in [4.78, 5) is 5.17. The van der Waals surface area contributed by atoms with Crippen LogP contribution in [0.15, 0.2) is 24.3 Å². The second kappa shape index (κ2) is 10.1. The summed E-state index contributed by atoms with van der Waals surface area (Å²) in [5.41, 5.74) is 1.40. The lowest BCUT2D eigenvalue weighted by Crippen LogP contribution is -2.52. The van der Waals surface area contributed by atoms with Gasteiger partial charge in [-0.05, 0) is 43.6 Å². The Labute approximate surface area is 154 Å². The van der Waals surface area contributed by atoms with Gasteiger partial charge in [0.05, 0.1) is 6.61 Å². The number of piperazine rings is 1. The van der Waals surface area contributed by atoms with Gasteiger partial charge in [0, 0.05) is 38.3 Å². The van der Waals surface area contributed by atoms with E-state index in [1.807, 2.05) is 0 Å². The van der Waals surface area contributed by atoms with E-state index >= 15 is 0 Å². The monoisotopic (exact) mass is 347 g/mol. The standard InChI is InChI=1S/C21H37N3O/c1-6-23(7-2)15-21(24-13-12-22-18(5)14-24)19-8-10-20(11-9-19)25-16-17(3)4/h8-11,17-18,21-22H,6-7,12-16H2,1-5H3. The molecule has 1 aliphatic heterocycles. The van der Waals surface area contributed by atoms with Crippen molar-refractivity contribution in [3.05, 3.63) is 29.8 Å². The quantitative estimate of drug-likeness (QED) is 0.741. The van der Waals surface area contributed by atoms with Crippen molar-refractivity contribution in [1.29, 1.82) is 0 Å². The molecule has 1 heterocycles. The number of hydrogen-bond acceptors (Lipinski definition) is 4. The molecule has 0 amide bonds. The molecular formula is C21H37N3O. The smallest absolute Gasteiger partial charge is 0.119 e. The molecule has 0 radical (unpaired) electrons. The lowest BCUT2D eigenvalue weighted by molar-refractivity contribution is 0.113. The first kappa shape index (κ1) is 20.2. The fourth-order valence-corrected chi connectivity index (χ4v) is 3.45. The summed E-state index contributed by atoms with van der Waals surface area (Å²) >= 11 is 0. The van der Waals surface area contributed by atoms with Gasteiger partial charge < -0.3 is 15.0 Å². The average Bonchev–Trinajstić information content (AvgIpc) is 2.61. The van der Waals surface area contributed by atoms with E-state index < -0.39 is 0 Å². The molecule has 2 unspecified atom stereocenters. The number of hydrogen-bond donors (Lipinski definition) is 1. The summed E-state index contributed by atoms with van der Waals surface area (Å²) in [5, 5.41) is 3.56. The van der Waals surface area contributed by atoms with E-state index in [4.69, 9.17) is 4.74 Å². The van der Waals surface area contributed by atoms with Crippen LogP contribution in [-0.2, 0) is 0 Å². The second-order valence-corrected chi connectivity index (χ2v) is 7.63. The van der Waals surface area contributed by atoms with Crippen molar-refractivity contribution in [3.8, 4) is 5.75 Å². The maximum atomic E-state index is 5.85. The van der Waals surface area contributed by atoms with Crippen molar-refractivity contribution >= 4 is 0 Å². The summed E-state index contributed by atoms with van der Waals surface area (Å²) in [6, 6.07) is 9.80. The third kappa shape index (κ3) is 6.28. The Balaban J connectivity index is 2.13. The van der Waals surface area contributed by atoms with E-state index in [0.717, 1.165) is 51.6 Å². The fraction of sp³-hybridized carbons (Fsp3) is 0.714. The Hall–Kier alpha value is -1.10. The van der Waals surface area contributed by atoms with Gasteiger partial charge in [-0.25, -0.2) is 0 Å². The zero-order chi connectivity index (χ0) is 18.2. The first-order chi connectivity index (χ1) is 12.0. The minimum Gasteiger partial charge on any atom is -0.493 e. The van der Waals surface area contributed by atoms with Crippen LogP contribution in [0.4, 0.5) is 0 Å². The van der Waals surface area contributed by atoms with Crippen molar-refractivity contribution in [2.45, 2.75) is 46.7 Å². The maximum Gasteiger partial charge on any atom is 0.119 e. The minimum atomic E-state index is 0.448. The molecule has 1 aliphatic rings. The predicted octanol–water partition coefficient (Wildman–Crippen LogP) is 3.40. The van der Waals surface area contributed by atoms with Crippen LogP contribution in [0, 0.1) is 5.92 Å². The van der Waals surface area contributed by atoms with Crippen LogP contribution in [0.2, 0.25) is 0 Å². The van der Waals surface area contributed by atoms with Crippen molar-refractivity contribution in [2.24, 2.45) is 5.92 Å². The van der Waals surface area contributed by atoms with E-state index in [1.54, 1.807) is 0 Å². The molecule has 0 aromatic heterocycles. The van der Waals surface area contributed by atoms with Crippen molar-refractivity contribution in [3.63, 3.8) is 0 Å². The Morgan fingerprint density at radius 3 is 2.44 bits per heavy atom. The van der Waals surface area contributed by atoms with Gasteiger partial charge in [-0.15, -0.1) is 0 Å². The zero-order valence-electron chi connectivity index (χ0n) is 16.8. The SMILES string of the molecule is CCN(CC)CC(c1ccc(OCC(C)C)cc1)N1CCNC(C)C1. The Kier molecular flexibility index (Phi) is 8.20. The van der Waals surface area contributed by atoms with Gasteiger partial charge in [0.25, 0.3) is 0 Å². The average molecular weight is 348 g/mol. The summed E-state index contributed by atoms with van der Waals surface area (Å²) in [5.74, 6) is 1.53. The number of rotatable bonds is 9. The van der Waals surface area contributed by atoms with Gasteiger partial charge in [-0.2, -0.15) is 0 Å². The fourth-order valence-electron chi connectivity index (χ4n) is 3.45. The molecule has 1 N–H and O–H groups in total. The predicted molar refractivity (Wildman–Crippen MR) is 106 cm³/mol. The molecule has 4 heteroatoms. The van der Waals surface area contributed by atoms with Crippen LogP contribution >= 0.6 is 0 Å². The Morgan fingerprint density at radius 2 is 1.88 bits per heavy atom. The molecule has 1 aromatic rings. The van der Waals surface area contributed by atoms with Gasteiger partial charge in [0.15, 0.2) is 0 Å². The van der Waals surface area contributed by atoms with Gasteiger partial charge in [0.1, 0.15) is 5.75 Å². The Morgan fingerprint density at radius 1 is 1.20 bits per heavy atom. The van der Waals surface area contributed by atoms with Crippen LogP contribution in [0.25, 0.3) is 0 Å². The molecule has 0 bridgehead atoms. The van der Waals surface area contributed by atoms with E-state index in [1.165, 1.54) is 5.56 Å². The molecule has 1 fully saturated rings. The summed E-state index contributed by atoms with van der Waals surface area (Å²) in [6.45, 7) is 18.5. The van der Waals surface area contributed by atoms with Crippen molar-refractivity contribution in [1.82, 2.24) is 15.1 Å². The van der Waals surface area contributed by atoms with Crippen molar-refractivity contribution < 1.29 is 4.74 Å². The molecule has 1 aromatic carbocycles. The summed E-state index contributed by atoms with van der Waals surface area (Å²) in [7, 11) is 0. The number of ether oxygens (including phenoxy) is 1. The first-order valence-corrected chi connectivity index (χ1v) is 9.96. The number of nitrogens with one attached hydrogen (secondary N) is 1. The molecule has 2 atom stereocenters. The topological polar surface area (TPSA) is 27.7 Å². The van der Waals surface area contributed by atoms with Crippen LogP contribution < -0.4 is 10.1 Å². The van der Waals surface area contributed by atoms with Crippen LogP contribution in [-0.4, -0.2) is 61.7 Å². The molecule has 0 aliphatic carbocycles. The molecule has 4 nitrogen and oxygen atoms in total. The highest BCUT2D eigenvalue weighted by atomic mass is 16.5. The highest BCUT2D eigenvalue weighted by Gasteiger charge is 2.26. The molecule has 142 valence electrons. The van der Waals surface area contributed by atoms with Gasteiger partial charge in [-0.1, -0.05) is 39.8 Å². The number of benzene rings is 1. The van der Waals surface area contributed by atoms with Crippen LogP contribution in [0.1, 0.15) is 46.2 Å². The van der Waals surface area contributed by atoms with E-state index in [-0.39, 0.29) is 0 Å². The van der Waals surface area contributed by atoms with Crippen molar-refractivity contribution in [2.75, 3.05) is 45.9 Å². The number of likely N-dealkylation sites (N-methyl/N-ethyl adjacent to an activating group) is 1. The normalized spacial score (nSPS) is 20.2. The van der Waals surface area contributed by atoms with E-state index in [0.29, 0.717) is 18.0 Å². The summed E-state index contributed by atoms with van der Waals surface area (Å²) < 4.78 is 5.85. The molecule has 0 saturated carbocycles. The van der Waals surface area contributed by atoms with Crippen LogP contribution in [0.3, 0.4) is 0 Å². The lowest BCUT2D eigenvalue weighted by Gasteiger charge is -2.40. The third-order valence-corrected chi connectivity index (χ3v) is 5.01. The lowest BCUT2D eigenvalue weighted by atomic mass is 10.0. The largest absolute Gasteiger partial charge is 0.493 e. The first-order valence-electron chi connectivity index (χ1n) is 9.96. The molecule has 0 spiro atoms. The third-order valence-electron chi connectivity index (χ3n) is 5.01. The van der Waals surface area contributed by atoms with Gasteiger partial charge in [-0.3, -0.25) is 4.90 Å². The molecular weight excluding hydrogens is 310 g/mol. The molecule has 1 saturated heterocycles. The zero-order valence-corrected chi connectivity index (χ0v) is 16.8. The maximum absolute atomic E-state index is 5.85. The van der Waals surface area contributed by atoms with E-state index in [2.05, 4.69) is 74.0 Å². The number of nitrogens with zero attached hydrogens (tertiary/aromatic N) is 2. The van der Waals surface area contributed by atoms with Gasteiger partial charge >= 0.3 is 0 Å². The molecule has 2 rings (SSSR count). The van der Waals surface area contributed by atoms with Gasteiger partial charge in [0.2, 0.25) is 0 Å². The van der Waals surface area contributed by atoms with E-state index in [9.17, 15) is 0 Å². The highest BCUT2D eigenvalue weighted by molar-refractivity contribution is 5.29. The Bertz CT molecular complexity index is 484. The van der Waals surface area contributed by atoms with Crippen LogP contribution in [0.5, 0.6) is 5.75 Å². The summed E-state index contributed by atoms with van der Waals surface area (Å²) in [6.07, 6.45) is 0.